The van der Waals surface area contributed by atoms with Gasteiger partial charge in [0.1, 0.15) is 36.3 Å². The van der Waals surface area contributed by atoms with Gasteiger partial charge in [-0.25, -0.2) is 8.42 Å². The number of benzene rings is 2. The van der Waals surface area contributed by atoms with E-state index in [0.29, 0.717) is 23.7 Å². The average molecular weight is 594 g/mol. The molecule has 2 aromatic rings. The summed E-state index contributed by atoms with van der Waals surface area (Å²) >= 11 is 0. The molecule has 3 aliphatic rings. The molecule has 0 saturated carbocycles. The maximum atomic E-state index is 13.8. The van der Waals surface area contributed by atoms with Crippen LogP contribution in [0.25, 0.3) is 0 Å². The van der Waals surface area contributed by atoms with Gasteiger partial charge in [0, 0.05) is 38.3 Å². The Hall–Kier alpha value is -2.98. The van der Waals surface area contributed by atoms with Crippen LogP contribution in [0.1, 0.15) is 13.3 Å². The number of hydrogen-bond donors (Lipinski definition) is 4. The van der Waals surface area contributed by atoms with Crippen LogP contribution in [-0.2, 0) is 24.3 Å². The topological polar surface area (TPSA) is 170 Å². The second-order valence-corrected chi connectivity index (χ2v) is 12.3. The monoisotopic (exact) mass is 593 g/mol. The van der Waals surface area contributed by atoms with Crippen LogP contribution in [0.3, 0.4) is 0 Å². The molecule has 7 atom stereocenters. The molecular weight excluding hydrogens is 558 g/mol. The highest BCUT2D eigenvalue weighted by Gasteiger charge is 2.47. The van der Waals surface area contributed by atoms with Crippen molar-refractivity contribution in [3.63, 3.8) is 0 Å². The highest BCUT2D eigenvalue weighted by atomic mass is 32.2. The third kappa shape index (κ3) is 5.25. The third-order valence-corrected chi connectivity index (χ3v) is 9.74. The van der Waals surface area contributed by atoms with Crippen molar-refractivity contribution < 1.29 is 47.8 Å². The van der Waals surface area contributed by atoms with Gasteiger partial charge >= 0.3 is 0 Å². The number of anilines is 3. The molecule has 13 nitrogen and oxygen atoms in total. The quantitative estimate of drug-likeness (QED) is 0.331. The molecule has 3 unspecified atom stereocenters. The lowest BCUT2D eigenvalue weighted by Gasteiger charge is -2.41. The standard InChI is InChI=1S/C27H35N3O10S/c1-15-13-28(2)20-12-17(38-3)6-9-19(20)30(15)41(36,37)18-7-4-16(5-8-18)29-11-10-21(26(29)34)39-25-23(32)22(14-31)40-27(35)24(25)33/h4-9,12,15,21-25,27,31-33,35H,10-11,13-14H2,1-3H3/t15?,21?,22-,23-,24-,25?,27+/m1/s1. The molecule has 2 saturated heterocycles. The number of aliphatic hydroxyl groups excluding tert-OH is 4. The van der Waals surface area contributed by atoms with Crippen molar-refractivity contribution in [2.24, 2.45) is 0 Å². The summed E-state index contributed by atoms with van der Waals surface area (Å²) in [4.78, 5) is 16.7. The van der Waals surface area contributed by atoms with Gasteiger partial charge < -0.3 is 44.4 Å². The first kappa shape index (κ1) is 29.5. The van der Waals surface area contributed by atoms with Gasteiger partial charge in [-0.15, -0.1) is 0 Å². The van der Waals surface area contributed by atoms with Gasteiger partial charge in [-0.3, -0.25) is 9.10 Å². The summed E-state index contributed by atoms with van der Waals surface area (Å²) in [6.07, 6.45) is -8.12. The van der Waals surface area contributed by atoms with E-state index < -0.39 is 59.3 Å². The zero-order valence-corrected chi connectivity index (χ0v) is 23.7. The minimum Gasteiger partial charge on any atom is -0.497 e. The molecule has 224 valence electrons. The summed E-state index contributed by atoms with van der Waals surface area (Å²) in [5.74, 6) is 0.173. The van der Waals surface area contributed by atoms with Crippen LogP contribution in [0.15, 0.2) is 47.4 Å². The van der Waals surface area contributed by atoms with Gasteiger partial charge in [0.25, 0.3) is 15.9 Å². The maximum Gasteiger partial charge on any atom is 0.264 e. The highest BCUT2D eigenvalue weighted by Crippen LogP contribution is 2.40. The number of rotatable bonds is 7. The normalized spacial score (nSPS) is 30.5. The second kappa shape index (κ2) is 11.4. The Bertz CT molecular complexity index is 1370. The first-order valence-electron chi connectivity index (χ1n) is 13.3. The zero-order valence-electron chi connectivity index (χ0n) is 22.9. The van der Waals surface area contributed by atoms with E-state index >= 15 is 0 Å². The number of sulfonamides is 1. The number of carbonyl (C=O) groups excluding carboxylic acids is 1. The summed E-state index contributed by atoms with van der Waals surface area (Å²) < 4.78 is 45.0. The molecule has 0 spiro atoms. The van der Waals surface area contributed by atoms with E-state index in [1.54, 1.807) is 37.4 Å². The van der Waals surface area contributed by atoms with E-state index in [2.05, 4.69) is 0 Å². The van der Waals surface area contributed by atoms with Crippen LogP contribution < -0.4 is 18.8 Å². The van der Waals surface area contributed by atoms with Gasteiger partial charge in [-0.2, -0.15) is 0 Å². The number of carbonyl (C=O) groups is 1. The van der Waals surface area contributed by atoms with Gasteiger partial charge in [-0.05, 0) is 43.3 Å². The molecule has 1 amide bonds. The minimum absolute atomic E-state index is 0.0661. The summed E-state index contributed by atoms with van der Waals surface area (Å²) in [5, 5.41) is 39.9. The van der Waals surface area contributed by atoms with Gasteiger partial charge in [0.2, 0.25) is 0 Å². The molecule has 2 aromatic carbocycles. The first-order valence-corrected chi connectivity index (χ1v) is 14.7. The van der Waals surface area contributed by atoms with Crippen molar-refractivity contribution in [2.45, 2.75) is 61.1 Å². The zero-order chi connectivity index (χ0) is 29.6. The predicted molar refractivity (Wildman–Crippen MR) is 147 cm³/mol. The molecule has 2 fully saturated rings. The molecule has 5 rings (SSSR count). The number of aliphatic hydroxyl groups is 4. The smallest absolute Gasteiger partial charge is 0.264 e. The fourth-order valence-corrected chi connectivity index (χ4v) is 7.32. The summed E-state index contributed by atoms with van der Waals surface area (Å²) in [7, 11) is -0.501. The Morgan fingerprint density at radius 3 is 2.41 bits per heavy atom. The molecule has 14 heteroatoms. The van der Waals surface area contributed by atoms with Crippen LogP contribution in [0.4, 0.5) is 17.1 Å². The molecular formula is C27H35N3O10S. The Labute approximate surface area is 238 Å². The molecule has 3 heterocycles. The highest BCUT2D eigenvalue weighted by molar-refractivity contribution is 7.92. The van der Waals surface area contributed by atoms with Gasteiger partial charge in [-0.1, -0.05) is 0 Å². The second-order valence-electron chi connectivity index (χ2n) is 10.5. The Kier molecular flexibility index (Phi) is 8.18. The fraction of sp³-hybridized carbons (Fsp3) is 0.519. The van der Waals surface area contributed by atoms with Gasteiger partial charge in [0.15, 0.2) is 6.29 Å². The van der Waals surface area contributed by atoms with Crippen molar-refractivity contribution in [1.29, 1.82) is 0 Å². The molecule has 0 bridgehead atoms. The lowest BCUT2D eigenvalue weighted by molar-refractivity contribution is -0.298. The number of amides is 1. The molecule has 0 radical (unpaired) electrons. The summed E-state index contributed by atoms with van der Waals surface area (Å²) in [5.41, 5.74) is 1.73. The van der Waals surface area contributed by atoms with Crippen LogP contribution in [0, 0.1) is 0 Å². The van der Waals surface area contributed by atoms with E-state index in [1.807, 2.05) is 18.9 Å². The Morgan fingerprint density at radius 1 is 1.05 bits per heavy atom. The SMILES string of the molecule is COc1ccc2c(c1)N(C)CC(C)N2S(=O)(=O)c1ccc(N2CCC(OC3[C@@H](O)[C@@H](O)O[C@H](CO)[C@H]3O)C2=O)cc1. The molecule has 0 aromatic heterocycles. The number of hydrogen-bond acceptors (Lipinski definition) is 11. The van der Waals surface area contributed by atoms with Crippen LogP contribution >= 0.6 is 0 Å². The number of nitrogens with zero attached hydrogens (tertiary/aromatic N) is 3. The van der Waals surface area contributed by atoms with Gasteiger partial charge in [0.05, 0.1) is 36.0 Å². The average Bonchev–Trinajstić information content (AvgIpc) is 3.32. The van der Waals surface area contributed by atoms with E-state index in [4.69, 9.17) is 14.2 Å². The summed E-state index contributed by atoms with van der Waals surface area (Å²) in [6.45, 7) is 1.96. The van der Waals surface area contributed by atoms with E-state index in [-0.39, 0.29) is 23.9 Å². The van der Waals surface area contributed by atoms with Crippen LogP contribution in [-0.4, -0.2) is 111 Å². The number of likely N-dealkylation sites (N-methyl/N-ethyl adjacent to an activating group) is 1. The number of methoxy groups -OCH3 is 1. The van der Waals surface area contributed by atoms with Crippen LogP contribution in [0.2, 0.25) is 0 Å². The van der Waals surface area contributed by atoms with Crippen LogP contribution in [0.5, 0.6) is 5.75 Å². The van der Waals surface area contributed by atoms with Crippen molar-refractivity contribution in [3.8, 4) is 5.75 Å². The fourth-order valence-electron chi connectivity index (χ4n) is 5.66. The largest absolute Gasteiger partial charge is 0.497 e. The maximum absolute atomic E-state index is 13.8. The lowest BCUT2D eigenvalue weighted by atomic mass is 9.99. The Morgan fingerprint density at radius 2 is 1.76 bits per heavy atom. The number of fused-ring (bicyclic) bond motifs is 1. The molecule has 4 N–H and O–H groups in total. The van der Waals surface area contributed by atoms with Crippen molar-refractivity contribution in [1.82, 2.24) is 0 Å². The van der Waals surface area contributed by atoms with E-state index in [9.17, 15) is 33.6 Å². The number of ether oxygens (including phenoxy) is 3. The molecule has 0 aliphatic carbocycles. The van der Waals surface area contributed by atoms with E-state index in [1.165, 1.54) is 21.3 Å². The predicted octanol–water partition coefficient (Wildman–Crippen LogP) is -0.349. The third-order valence-electron chi connectivity index (χ3n) is 7.79. The first-order chi connectivity index (χ1) is 19.5. The summed E-state index contributed by atoms with van der Waals surface area (Å²) in [6, 6.07) is 10.9. The van der Waals surface area contributed by atoms with Crippen molar-refractivity contribution >= 4 is 33.0 Å². The molecule has 3 aliphatic heterocycles. The van der Waals surface area contributed by atoms with Crippen molar-refractivity contribution in [3.05, 3.63) is 42.5 Å². The van der Waals surface area contributed by atoms with E-state index in [0.717, 1.165) is 5.69 Å². The molecule has 41 heavy (non-hydrogen) atoms. The lowest BCUT2D eigenvalue weighted by Crippen LogP contribution is -2.60. The van der Waals surface area contributed by atoms with Crippen molar-refractivity contribution in [2.75, 3.05) is 48.0 Å². The minimum atomic E-state index is -3.95. The Balaban J connectivity index is 1.33.